The molecule has 0 unspecified atom stereocenters. The van der Waals surface area contributed by atoms with Gasteiger partial charge in [-0.1, -0.05) is 0 Å². The van der Waals surface area contributed by atoms with Crippen molar-refractivity contribution in [3.63, 3.8) is 0 Å². The molecule has 0 aliphatic heterocycles. The van der Waals surface area contributed by atoms with Gasteiger partial charge in [-0.2, -0.15) is 5.10 Å². The van der Waals surface area contributed by atoms with Crippen LogP contribution in [-0.4, -0.2) is 27.2 Å². The van der Waals surface area contributed by atoms with Crippen LogP contribution >= 0.6 is 15.9 Å². The summed E-state index contributed by atoms with van der Waals surface area (Å²) in [6.45, 7) is 8.65. The molecule has 0 atom stereocenters. The average Bonchev–Trinajstić information content (AvgIpc) is 2.82. The van der Waals surface area contributed by atoms with Crippen LogP contribution in [0.4, 0.5) is 5.69 Å². The summed E-state index contributed by atoms with van der Waals surface area (Å²) in [7, 11) is 0. The number of hydrogen-bond acceptors (Lipinski definition) is 3. The molecule has 0 aromatic carbocycles. The molecule has 0 radical (unpaired) electrons. The molecule has 2 rings (SSSR count). The van der Waals surface area contributed by atoms with Gasteiger partial charge in [0.15, 0.2) is 0 Å². The highest BCUT2D eigenvalue weighted by molar-refractivity contribution is 9.10. The topological polar surface area (TPSA) is 51.0 Å². The Morgan fingerprint density at radius 3 is 2.43 bits per heavy atom. The van der Waals surface area contributed by atoms with E-state index in [1.807, 2.05) is 39.8 Å². The zero-order valence-corrected chi connectivity index (χ0v) is 14.3. The van der Waals surface area contributed by atoms with E-state index in [4.69, 9.17) is 0 Å². The number of pyridine rings is 1. The molecule has 2 aromatic rings. The Bertz CT molecular complexity index is 631. The van der Waals surface area contributed by atoms with E-state index in [0.29, 0.717) is 16.7 Å². The minimum atomic E-state index is -0.189. The third kappa shape index (κ3) is 3.15. The first-order valence-corrected chi connectivity index (χ1v) is 7.61. The van der Waals surface area contributed by atoms with Crippen molar-refractivity contribution < 1.29 is 4.79 Å². The molecule has 0 aliphatic carbocycles. The minimum Gasteiger partial charge on any atom is -0.308 e. The third-order valence-corrected chi connectivity index (χ3v) is 3.88. The van der Waals surface area contributed by atoms with Crippen molar-refractivity contribution in [3.05, 3.63) is 40.9 Å². The van der Waals surface area contributed by atoms with E-state index in [1.165, 1.54) is 0 Å². The highest BCUT2D eigenvalue weighted by atomic mass is 79.9. The first kappa shape index (κ1) is 15.7. The number of carbonyl (C=O) groups excluding carboxylic acids is 1. The number of aromatic nitrogens is 3. The fourth-order valence-electron chi connectivity index (χ4n) is 2.06. The molecule has 1 amide bonds. The number of rotatable bonds is 3. The van der Waals surface area contributed by atoms with Crippen LogP contribution in [0.15, 0.2) is 35.3 Å². The van der Waals surface area contributed by atoms with Crippen LogP contribution < -0.4 is 4.90 Å². The molecule has 0 saturated carbocycles. The molecule has 0 fully saturated rings. The first-order chi connectivity index (χ1) is 9.86. The Kier molecular flexibility index (Phi) is 4.46. The van der Waals surface area contributed by atoms with Gasteiger partial charge in [-0.05, 0) is 55.8 Å². The summed E-state index contributed by atoms with van der Waals surface area (Å²) in [5, 5.41) is 4.33. The van der Waals surface area contributed by atoms with E-state index >= 15 is 0 Å². The molecule has 2 aromatic heterocycles. The van der Waals surface area contributed by atoms with Crippen molar-refractivity contribution in [1.29, 1.82) is 0 Å². The van der Waals surface area contributed by atoms with Crippen molar-refractivity contribution in [1.82, 2.24) is 14.8 Å². The molecular formula is C15H19BrN4O. The summed E-state index contributed by atoms with van der Waals surface area (Å²) >= 11 is 3.50. The van der Waals surface area contributed by atoms with Gasteiger partial charge >= 0.3 is 0 Å². The van der Waals surface area contributed by atoms with Crippen LogP contribution in [0.5, 0.6) is 0 Å². The lowest BCUT2D eigenvalue weighted by molar-refractivity contribution is 0.0987. The Labute approximate surface area is 133 Å². The van der Waals surface area contributed by atoms with E-state index in [2.05, 4.69) is 26.0 Å². The normalized spacial score (nSPS) is 11.5. The Balaban J connectivity index is 2.38. The highest BCUT2D eigenvalue weighted by Crippen LogP contribution is 2.26. The van der Waals surface area contributed by atoms with Gasteiger partial charge < -0.3 is 4.90 Å². The quantitative estimate of drug-likeness (QED) is 0.851. The van der Waals surface area contributed by atoms with Crippen LogP contribution in [0, 0.1) is 0 Å². The van der Waals surface area contributed by atoms with E-state index in [9.17, 15) is 4.79 Å². The number of anilines is 1. The SMILES string of the molecule is CCN(C(=O)c1cnn(C(C)(C)C)c1Br)c1ccncc1. The predicted octanol–water partition coefficient (Wildman–Crippen LogP) is 3.46. The molecule has 6 heteroatoms. The smallest absolute Gasteiger partial charge is 0.262 e. The lowest BCUT2D eigenvalue weighted by atomic mass is 10.1. The Morgan fingerprint density at radius 1 is 1.33 bits per heavy atom. The zero-order chi connectivity index (χ0) is 15.6. The lowest BCUT2D eigenvalue weighted by Gasteiger charge is -2.22. The molecule has 0 N–H and O–H groups in total. The second-order valence-electron chi connectivity index (χ2n) is 5.69. The lowest BCUT2D eigenvalue weighted by Crippen LogP contribution is -2.31. The fraction of sp³-hybridized carbons (Fsp3) is 0.400. The van der Waals surface area contributed by atoms with Crippen molar-refractivity contribution in [3.8, 4) is 0 Å². The summed E-state index contributed by atoms with van der Waals surface area (Å²) in [4.78, 5) is 18.4. The van der Waals surface area contributed by atoms with Gasteiger partial charge in [-0.3, -0.25) is 14.5 Å². The monoisotopic (exact) mass is 350 g/mol. The second kappa shape index (κ2) is 5.97. The van der Waals surface area contributed by atoms with Crippen molar-refractivity contribution in [2.24, 2.45) is 0 Å². The molecule has 0 spiro atoms. The summed E-state index contributed by atoms with van der Waals surface area (Å²) in [6.07, 6.45) is 4.97. The standard InChI is InChI=1S/C15H19BrN4O/c1-5-19(11-6-8-17-9-7-11)14(21)12-10-18-20(13(12)16)15(2,3)4/h6-10H,5H2,1-4H3. The number of carbonyl (C=O) groups is 1. The zero-order valence-electron chi connectivity index (χ0n) is 12.7. The van der Waals surface area contributed by atoms with Crippen molar-refractivity contribution in [2.75, 3.05) is 11.4 Å². The van der Waals surface area contributed by atoms with Gasteiger partial charge in [0, 0.05) is 24.6 Å². The van der Waals surface area contributed by atoms with E-state index in [1.54, 1.807) is 28.2 Å². The van der Waals surface area contributed by atoms with Gasteiger partial charge in [0.25, 0.3) is 5.91 Å². The average molecular weight is 351 g/mol. The van der Waals surface area contributed by atoms with Crippen LogP contribution in [0.2, 0.25) is 0 Å². The van der Waals surface area contributed by atoms with Gasteiger partial charge in [-0.15, -0.1) is 0 Å². The van der Waals surface area contributed by atoms with E-state index in [0.717, 1.165) is 5.69 Å². The molecule has 2 heterocycles. The number of hydrogen-bond donors (Lipinski definition) is 0. The van der Waals surface area contributed by atoms with Crippen LogP contribution in [-0.2, 0) is 5.54 Å². The van der Waals surface area contributed by atoms with Crippen LogP contribution in [0.3, 0.4) is 0 Å². The highest BCUT2D eigenvalue weighted by Gasteiger charge is 2.25. The van der Waals surface area contributed by atoms with E-state index < -0.39 is 0 Å². The van der Waals surface area contributed by atoms with Gasteiger partial charge in [-0.25, -0.2) is 0 Å². The Morgan fingerprint density at radius 2 is 1.95 bits per heavy atom. The molecule has 5 nitrogen and oxygen atoms in total. The number of amides is 1. The fourth-order valence-corrected chi connectivity index (χ4v) is 2.95. The molecule has 112 valence electrons. The molecule has 21 heavy (non-hydrogen) atoms. The molecule has 0 saturated heterocycles. The first-order valence-electron chi connectivity index (χ1n) is 6.82. The molecular weight excluding hydrogens is 332 g/mol. The van der Waals surface area contributed by atoms with Gasteiger partial charge in [0.1, 0.15) is 4.60 Å². The second-order valence-corrected chi connectivity index (χ2v) is 6.44. The van der Waals surface area contributed by atoms with Crippen molar-refractivity contribution in [2.45, 2.75) is 33.2 Å². The predicted molar refractivity (Wildman–Crippen MR) is 86.5 cm³/mol. The van der Waals surface area contributed by atoms with E-state index in [-0.39, 0.29) is 11.4 Å². The summed E-state index contributed by atoms with van der Waals surface area (Å²) < 4.78 is 2.51. The maximum absolute atomic E-state index is 12.8. The van der Waals surface area contributed by atoms with Gasteiger partial charge in [0.05, 0.1) is 17.3 Å². The minimum absolute atomic E-state index is 0.0777. The number of nitrogens with zero attached hydrogens (tertiary/aromatic N) is 4. The summed E-state index contributed by atoms with van der Waals surface area (Å²) in [5.74, 6) is -0.0777. The van der Waals surface area contributed by atoms with Crippen LogP contribution in [0.1, 0.15) is 38.1 Å². The maximum Gasteiger partial charge on any atom is 0.262 e. The summed E-state index contributed by atoms with van der Waals surface area (Å²) in [5.41, 5.74) is 1.20. The van der Waals surface area contributed by atoms with Gasteiger partial charge in [0.2, 0.25) is 0 Å². The largest absolute Gasteiger partial charge is 0.308 e. The summed E-state index contributed by atoms with van der Waals surface area (Å²) in [6, 6.07) is 3.65. The maximum atomic E-state index is 12.8. The van der Waals surface area contributed by atoms with Crippen LogP contribution in [0.25, 0.3) is 0 Å². The third-order valence-electron chi connectivity index (χ3n) is 3.11. The Hall–Kier alpha value is -1.69. The molecule has 0 aliphatic rings. The number of halogens is 1. The molecule has 0 bridgehead atoms. The van der Waals surface area contributed by atoms with Crippen molar-refractivity contribution >= 4 is 27.5 Å².